The van der Waals surface area contributed by atoms with Gasteiger partial charge < -0.3 is 14.6 Å². The number of rotatable bonds is 8. The number of Topliss-reactive ketones (excluding diaryl/α,β-unsaturated/α-hetero) is 1. The molecule has 1 aliphatic heterocycles. The molecule has 0 spiro atoms. The van der Waals surface area contributed by atoms with E-state index >= 15 is 0 Å². The molecule has 1 heterocycles. The smallest absolute Gasteiger partial charge is 0.300 e. The maximum Gasteiger partial charge on any atom is 0.300 e. The van der Waals surface area contributed by atoms with Crippen LogP contribution in [-0.4, -0.2) is 30.0 Å². The number of nitrogens with zero attached hydrogens (tertiary/aromatic N) is 1. The van der Waals surface area contributed by atoms with Gasteiger partial charge in [0.2, 0.25) is 0 Å². The molecule has 1 fully saturated rings. The van der Waals surface area contributed by atoms with E-state index in [-0.39, 0.29) is 11.3 Å². The standard InChI is InChI=1S/C30H31NO5/c1-5-17-36-25-16-11-22(18-20(25)4)28(32)26-27(21-9-14-24(15-10-21)35-6-2)31(30(34)29(26)33)23-12-7-19(3)8-13-23/h7-16,18,27,32H,5-6,17H2,1-4H3/b28-26-. The van der Waals surface area contributed by atoms with Gasteiger partial charge in [-0.2, -0.15) is 0 Å². The quantitative estimate of drug-likeness (QED) is 0.236. The van der Waals surface area contributed by atoms with Gasteiger partial charge in [-0.15, -0.1) is 0 Å². The van der Waals surface area contributed by atoms with Gasteiger partial charge in [0.15, 0.2) is 0 Å². The predicted molar refractivity (Wildman–Crippen MR) is 141 cm³/mol. The molecule has 0 aliphatic carbocycles. The number of ether oxygens (including phenoxy) is 2. The van der Waals surface area contributed by atoms with Crippen LogP contribution in [0.2, 0.25) is 0 Å². The van der Waals surface area contributed by atoms with Crippen molar-refractivity contribution < 1.29 is 24.2 Å². The number of carbonyl (C=O) groups is 2. The van der Waals surface area contributed by atoms with E-state index < -0.39 is 17.7 Å². The lowest BCUT2D eigenvalue weighted by molar-refractivity contribution is -0.132. The molecule has 1 unspecified atom stereocenters. The number of aliphatic hydroxyl groups is 1. The summed E-state index contributed by atoms with van der Waals surface area (Å²) in [6, 6.07) is 19.1. The van der Waals surface area contributed by atoms with Gasteiger partial charge in [-0.05, 0) is 80.8 Å². The summed E-state index contributed by atoms with van der Waals surface area (Å²) in [6.45, 7) is 8.89. The van der Waals surface area contributed by atoms with Gasteiger partial charge in [0, 0.05) is 11.3 Å². The van der Waals surface area contributed by atoms with Crippen LogP contribution in [0.3, 0.4) is 0 Å². The molecule has 1 atom stereocenters. The second-order valence-corrected chi connectivity index (χ2v) is 8.84. The minimum absolute atomic E-state index is 0.0476. The Morgan fingerprint density at radius 2 is 1.61 bits per heavy atom. The molecule has 0 saturated carbocycles. The van der Waals surface area contributed by atoms with Gasteiger partial charge >= 0.3 is 0 Å². The molecule has 186 valence electrons. The number of aliphatic hydroxyl groups excluding tert-OH is 1. The van der Waals surface area contributed by atoms with E-state index in [9.17, 15) is 14.7 Å². The SMILES string of the molecule is CCCOc1ccc(/C(O)=C2/C(=O)C(=O)N(c3ccc(C)cc3)C2c2ccc(OCC)cc2)cc1C. The molecule has 0 aromatic heterocycles. The molecule has 6 nitrogen and oxygen atoms in total. The molecule has 1 saturated heterocycles. The average Bonchev–Trinajstić information content (AvgIpc) is 3.14. The van der Waals surface area contributed by atoms with Crippen LogP contribution < -0.4 is 14.4 Å². The number of carbonyl (C=O) groups excluding carboxylic acids is 2. The first kappa shape index (κ1) is 25.0. The van der Waals surface area contributed by atoms with Gasteiger partial charge in [0.25, 0.3) is 11.7 Å². The summed E-state index contributed by atoms with van der Waals surface area (Å²) in [6.07, 6.45) is 0.881. The van der Waals surface area contributed by atoms with Crippen LogP contribution in [0.25, 0.3) is 5.76 Å². The van der Waals surface area contributed by atoms with Gasteiger partial charge in [-0.1, -0.05) is 36.8 Å². The maximum atomic E-state index is 13.4. The van der Waals surface area contributed by atoms with Crippen molar-refractivity contribution in [1.29, 1.82) is 0 Å². The molecule has 3 aromatic rings. The van der Waals surface area contributed by atoms with Crippen LogP contribution in [-0.2, 0) is 9.59 Å². The lowest BCUT2D eigenvalue weighted by Gasteiger charge is -2.25. The van der Waals surface area contributed by atoms with E-state index in [1.807, 2.05) is 64.1 Å². The maximum absolute atomic E-state index is 13.4. The zero-order chi connectivity index (χ0) is 25.8. The summed E-state index contributed by atoms with van der Waals surface area (Å²) in [5.74, 6) is -0.217. The Morgan fingerprint density at radius 1 is 0.917 bits per heavy atom. The zero-order valence-electron chi connectivity index (χ0n) is 21.1. The van der Waals surface area contributed by atoms with Crippen LogP contribution in [0.15, 0.2) is 72.3 Å². The molecule has 1 aliphatic rings. The number of ketones is 1. The van der Waals surface area contributed by atoms with E-state index in [2.05, 4.69) is 0 Å². The monoisotopic (exact) mass is 485 g/mol. The first-order valence-corrected chi connectivity index (χ1v) is 12.2. The van der Waals surface area contributed by atoms with E-state index in [4.69, 9.17) is 9.47 Å². The normalized spacial score (nSPS) is 16.9. The molecule has 1 N–H and O–H groups in total. The summed E-state index contributed by atoms with van der Waals surface area (Å²) in [5.41, 5.74) is 3.65. The van der Waals surface area contributed by atoms with E-state index in [1.54, 1.807) is 30.3 Å². The minimum atomic E-state index is -0.792. The molecule has 3 aromatic carbocycles. The van der Waals surface area contributed by atoms with Crippen molar-refractivity contribution in [2.75, 3.05) is 18.1 Å². The molecular weight excluding hydrogens is 454 g/mol. The van der Waals surface area contributed by atoms with Gasteiger partial charge in [-0.3, -0.25) is 14.5 Å². The number of hydrogen-bond donors (Lipinski definition) is 1. The molecule has 0 bridgehead atoms. The first-order chi connectivity index (χ1) is 17.3. The van der Waals surface area contributed by atoms with E-state index in [0.29, 0.717) is 35.8 Å². The summed E-state index contributed by atoms with van der Waals surface area (Å²) >= 11 is 0. The second kappa shape index (κ2) is 10.7. The van der Waals surface area contributed by atoms with Crippen molar-refractivity contribution in [3.05, 3.63) is 94.6 Å². The Labute approximate surface area is 211 Å². The summed E-state index contributed by atoms with van der Waals surface area (Å²) in [7, 11) is 0. The number of hydrogen-bond acceptors (Lipinski definition) is 5. The highest BCUT2D eigenvalue weighted by atomic mass is 16.5. The summed E-state index contributed by atoms with van der Waals surface area (Å²) < 4.78 is 11.3. The molecule has 6 heteroatoms. The van der Waals surface area contributed by atoms with Crippen LogP contribution in [0, 0.1) is 13.8 Å². The fourth-order valence-electron chi connectivity index (χ4n) is 4.36. The molecule has 1 amide bonds. The lowest BCUT2D eigenvalue weighted by Crippen LogP contribution is -2.29. The predicted octanol–water partition coefficient (Wildman–Crippen LogP) is 6.12. The van der Waals surface area contributed by atoms with E-state index in [0.717, 1.165) is 23.3 Å². The molecule has 4 rings (SSSR count). The number of benzene rings is 3. The average molecular weight is 486 g/mol. The van der Waals surface area contributed by atoms with Crippen LogP contribution >= 0.6 is 0 Å². The van der Waals surface area contributed by atoms with E-state index in [1.165, 1.54) is 4.90 Å². The number of amides is 1. The highest BCUT2D eigenvalue weighted by Crippen LogP contribution is 2.42. The Balaban J connectivity index is 1.85. The third kappa shape index (κ3) is 4.85. The van der Waals surface area contributed by atoms with Crippen LogP contribution in [0.4, 0.5) is 5.69 Å². The van der Waals surface area contributed by atoms with Crippen LogP contribution in [0.5, 0.6) is 11.5 Å². The second-order valence-electron chi connectivity index (χ2n) is 8.84. The first-order valence-electron chi connectivity index (χ1n) is 12.2. The third-order valence-electron chi connectivity index (χ3n) is 6.17. The number of anilines is 1. The van der Waals surface area contributed by atoms with Gasteiger partial charge in [-0.25, -0.2) is 0 Å². The Bertz CT molecular complexity index is 1290. The topological polar surface area (TPSA) is 76.1 Å². The molecule has 36 heavy (non-hydrogen) atoms. The highest BCUT2D eigenvalue weighted by Gasteiger charge is 2.47. The Kier molecular flexibility index (Phi) is 7.44. The highest BCUT2D eigenvalue weighted by molar-refractivity contribution is 6.51. The van der Waals surface area contributed by atoms with Gasteiger partial charge in [0.1, 0.15) is 17.3 Å². The fourth-order valence-corrected chi connectivity index (χ4v) is 4.36. The fraction of sp³-hybridized carbons (Fsp3) is 0.267. The molecular formula is C30H31NO5. The van der Waals surface area contributed by atoms with Crippen molar-refractivity contribution in [2.45, 2.75) is 40.2 Å². The van der Waals surface area contributed by atoms with Crippen molar-refractivity contribution >= 4 is 23.1 Å². The van der Waals surface area contributed by atoms with Crippen molar-refractivity contribution in [1.82, 2.24) is 0 Å². The lowest BCUT2D eigenvalue weighted by atomic mass is 9.94. The summed E-state index contributed by atoms with van der Waals surface area (Å²) in [5, 5.41) is 11.4. The van der Waals surface area contributed by atoms with Crippen molar-refractivity contribution in [3.8, 4) is 11.5 Å². The van der Waals surface area contributed by atoms with Crippen molar-refractivity contribution in [3.63, 3.8) is 0 Å². The minimum Gasteiger partial charge on any atom is -0.507 e. The Hall–Kier alpha value is -4.06. The summed E-state index contributed by atoms with van der Waals surface area (Å²) in [4.78, 5) is 28.1. The van der Waals surface area contributed by atoms with Crippen LogP contribution in [0.1, 0.15) is 48.6 Å². The largest absolute Gasteiger partial charge is 0.507 e. The van der Waals surface area contributed by atoms with Crippen molar-refractivity contribution in [2.24, 2.45) is 0 Å². The third-order valence-corrected chi connectivity index (χ3v) is 6.17. The number of aryl methyl sites for hydroxylation is 2. The van der Waals surface area contributed by atoms with Gasteiger partial charge in [0.05, 0.1) is 24.8 Å². The Morgan fingerprint density at radius 3 is 2.22 bits per heavy atom. The molecule has 0 radical (unpaired) electrons. The zero-order valence-corrected chi connectivity index (χ0v) is 21.1.